The van der Waals surface area contributed by atoms with Crippen molar-refractivity contribution in [1.82, 2.24) is 10.2 Å². The zero-order chi connectivity index (χ0) is 15.0. The quantitative estimate of drug-likeness (QED) is 0.703. The molecular formula is C17H33N3. The molecule has 1 saturated carbocycles. The molecule has 0 aromatic heterocycles. The van der Waals surface area contributed by atoms with Crippen molar-refractivity contribution in [3.8, 4) is 6.07 Å². The van der Waals surface area contributed by atoms with Crippen molar-refractivity contribution in [2.75, 3.05) is 26.2 Å². The highest BCUT2D eigenvalue weighted by Crippen LogP contribution is 2.37. The molecular weight excluding hydrogens is 246 g/mol. The summed E-state index contributed by atoms with van der Waals surface area (Å²) in [5.74, 6) is 1.25. The lowest BCUT2D eigenvalue weighted by Gasteiger charge is -2.32. The molecule has 0 amide bonds. The van der Waals surface area contributed by atoms with Crippen molar-refractivity contribution < 1.29 is 0 Å². The van der Waals surface area contributed by atoms with E-state index in [4.69, 9.17) is 0 Å². The number of rotatable bonds is 9. The lowest BCUT2D eigenvalue weighted by Crippen LogP contribution is -2.48. The third kappa shape index (κ3) is 4.75. The predicted octanol–water partition coefficient (Wildman–Crippen LogP) is 3.42. The molecule has 0 heterocycles. The smallest absolute Gasteiger partial charge is 0.109 e. The van der Waals surface area contributed by atoms with Crippen molar-refractivity contribution >= 4 is 0 Å². The number of nitrogens with zero attached hydrogens (tertiary/aromatic N) is 2. The molecule has 0 spiro atoms. The van der Waals surface area contributed by atoms with Crippen LogP contribution in [0, 0.1) is 23.2 Å². The Kier molecular flexibility index (Phi) is 7.55. The van der Waals surface area contributed by atoms with Gasteiger partial charge in [0.05, 0.1) is 6.07 Å². The number of hydrogen-bond acceptors (Lipinski definition) is 3. The first kappa shape index (κ1) is 17.5. The fraction of sp³-hybridized carbons (Fsp3) is 0.941. The van der Waals surface area contributed by atoms with Crippen LogP contribution in [0.1, 0.15) is 59.8 Å². The maximum atomic E-state index is 9.66. The first-order valence-electron chi connectivity index (χ1n) is 8.46. The van der Waals surface area contributed by atoms with Gasteiger partial charge in [-0.15, -0.1) is 0 Å². The minimum absolute atomic E-state index is 0.243. The maximum Gasteiger partial charge on any atom is 0.109 e. The van der Waals surface area contributed by atoms with Crippen LogP contribution in [-0.4, -0.2) is 36.6 Å². The molecule has 20 heavy (non-hydrogen) atoms. The van der Waals surface area contributed by atoms with Gasteiger partial charge in [-0.25, -0.2) is 0 Å². The van der Waals surface area contributed by atoms with E-state index in [-0.39, 0.29) is 5.54 Å². The zero-order valence-electron chi connectivity index (χ0n) is 13.9. The molecule has 3 heteroatoms. The predicted molar refractivity (Wildman–Crippen MR) is 85.5 cm³/mol. The third-order valence-corrected chi connectivity index (χ3v) is 4.57. The molecule has 1 aliphatic carbocycles. The lowest BCUT2D eigenvalue weighted by molar-refractivity contribution is 0.213. The lowest BCUT2D eigenvalue weighted by atomic mass is 9.85. The molecule has 116 valence electrons. The maximum absolute atomic E-state index is 9.66. The van der Waals surface area contributed by atoms with Crippen LogP contribution in [0.5, 0.6) is 0 Å². The second-order valence-electron chi connectivity index (χ2n) is 6.67. The Bertz CT molecular complexity index is 308. The number of nitriles is 1. The molecule has 0 aromatic rings. The second kappa shape index (κ2) is 8.64. The summed E-state index contributed by atoms with van der Waals surface area (Å²) < 4.78 is 0. The topological polar surface area (TPSA) is 39.1 Å². The molecule has 1 aliphatic rings. The zero-order valence-corrected chi connectivity index (χ0v) is 13.9. The first-order valence-corrected chi connectivity index (χ1v) is 8.46. The van der Waals surface area contributed by atoms with Gasteiger partial charge >= 0.3 is 0 Å². The van der Waals surface area contributed by atoms with Crippen molar-refractivity contribution in [3.63, 3.8) is 0 Å². The molecule has 0 aliphatic heterocycles. The summed E-state index contributed by atoms with van der Waals surface area (Å²) in [5.41, 5.74) is -0.243. The summed E-state index contributed by atoms with van der Waals surface area (Å²) >= 11 is 0. The summed E-state index contributed by atoms with van der Waals surface area (Å²) in [5, 5.41) is 13.2. The van der Waals surface area contributed by atoms with Crippen LogP contribution < -0.4 is 5.32 Å². The van der Waals surface area contributed by atoms with Crippen LogP contribution in [0.3, 0.4) is 0 Å². The van der Waals surface area contributed by atoms with E-state index in [1.807, 2.05) is 0 Å². The monoisotopic (exact) mass is 279 g/mol. The van der Waals surface area contributed by atoms with Gasteiger partial charge in [0.25, 0.3) is 0 Å². The molecule has 1 rings (SSSR count). The average molecular weight is 279 g/mol. The molecule has 3 nitrogen and oxygen atoms in total. The fourth-order valence-electron chi connectivity index (χ4n) is 3.47. The van der Waals surface area contributed by atoms with E-state index in [2.05, 4.69) is 44.0 Å². The van der Waals surface area contributed by atoms with Crippen LogP contribution in [-0.2, 0) is 0 Å². The van der Waals surface area contributed by atoms with E-state index in [1.54, 1.807) is 0 Å². The molecule has 1 fully saturated rings. The standard InChI is InChI=1S/C17H33N3/c1-5-11-19-17(14-18)10-7-8-16(17)9-12-20(6-2)13-15(3)4/h15-16,19H,5-13H2,1-4H3. The normalized spacial score (nSPS) is 26.4. The van der Waals surface area contributed by atoms with Gasteiger partial charge < -0.3 is 4.90 Å². The molecule has 0 bridgehead atoms. The minimum atomic E-state index is -0.243. The summed E-state index contributed by atoms with van der Waals surface area (Å²) in [7, 11) is 0. The van der Waals surface area contributed by atoms with Gasteiger partial charge in [0.2, 0.25) is 0 Å². The van der Waals surface area contributed by atoms with Gasteiger partial charge in [-0.2, -0.15) is 5.26 Å². The molecule has 0 saturated heterocycles. The number of nitrogens with one attached hydrogen (secondary N) is 1. The Morgan fingerprint density at radius 1 is 1.40 bits per heavy atom. The molecule has 0 aromatic carbocycles. The van der Waals surface area contributed by atoms with E-state index in [0.717, 1.165) is 44.8 Å². The van der Waals surface area contributed by atoms with Crippen molar-refractivity contribution in [1.29, 1.82) is 5.26 Å². The van der Waals surface area contributed by atoms with E-state index in [9.17, 15) is 5.26 Å². The molecule has 2 unspecified atom stereocenters. The van der Waals surface area contributed by atoms with Gasteiger partial charge in [0.15, 0.2) is 0 Å². The third-order valence-electron chi connectivity index (χ3n) is 4.57. The van der Waals surface area contributed by atoms with Crippen molar-refractivity contribution in [2.45, 2.75) is 65.3 Å². The van der Waals surface area contributed by atoms with Crippen LogP contribution in [0.15, 0.2) is 0 Å². The van der Waals surface area contributed by atoms with E-state index in [1.165, 1.54) is 19.4 Å². The SMILES string of the molecule is CCCNC1(C#N)CCCC1CCN(CC)CC(C)C. The van der Waals surface area contributed by atoms with Gasteiger partial charge in [0.1, 0.15) is 5.54 Å². The highest BCUT2D eigenvalue weighted by Gasteiger charge is 2.42. The van der Waals surface area contributed by atoms with Crippen LogP contribution in [0.2, 0.25) is 0 Å². The average Bonchev–Trinajstić information content (AvgIpc) is 2.84. The van der Waals surface area contributed by atoms with E-state index >= 15 is 0 Å². The number of hydrogen-bond donors (Lipinski definition) is 1. The highest BCUT2D eigenvalue weighted by atomic mass is 15.1. The fourth-order valence-corrected chi connectivity index (χ4v) is 3.47. The Morgan fingerprint density at radius 3 is 2.70 bits per heavy atom. The van der Waals surface area contributed by atoms with Gasteiger partial charge in [-0.3, -0.25) is 5.32 Å². The Labute approximate surface area is 125 Å². The summed E-state index contributed by atoms with van der Waals surface area (Å²) in [6.07, 6.45) is 5.70. The van der Waals surface area contributed by atoms with Crippen LogP contribution in [0.25, 0.3) is 0 Å². The molecule has 1 N–H and O–H groups in total. The van der Waals surface area contributed by atoms with Gasteiger partial charge in [0, 0.05) is 6.54 Å². The van der Waals surface area contributed by atoms with Crippen molar-refractivity contribution in [3.05, 3.63) is 0 Å². The van der Waals surface area contributed by atoms with E-state index < -0.39 is 0 Å². The Balaban J connectivity index is 2.54. The summed E-state index contributed by atoms with van der Waals surface area (Å²) in [6, 6.07) is 2.62. The highest BCUT2D eigenvalue weighted by molar-refractivity contribution is 5.14. The van der Waals surface area contributed by atoms with Crippen molar-refractivity contribution in [2.24, 2.45) is 11.8 Å². The van der Waals surface area contributed by atoms with E-state index in [0.29, 0.717) is 5.92 Å². The largest absolute Gasteiger partial charge is 0.303 e. The van der Waals surface area contributed by atoms with Crippen LogP contribution >= 0.6 is 0 Å². The summed E-state index contributed by atoms with van der Waals surface area (Å²) in [4.78, 5) is 2.53. The minimum Gasteiger partial charge on any atom is -0.303 e. The Hall–Kier alpha value is -0.590. The Morgan fingerprint density at radius 2 is 2.15 bits per heavy atom. The van der Waals surface area contributed by atoms with Gasteiger partial charge in [-0.05, 0) is 57.2 Å². The van der Waals surface area contributed by atoms with Gasteiger partial charge in [-0.1, -0.05) is 34.1 Å². The van der Waals surface area contributed by atoms with Crippen LogP contribution in [0.4, 0.5) is 0 Å². The molecule has 2 atom stereocenters. The molecule has 0 radical (unpaired) electrons. The second-order valence-corrected chi connectivity index (χ2v) is 6.67. The first-order chi connectivity index (χ1) is 9.57. The summed E-state index contributed by atoms with van der Waals surface area (Å²) in [6.45, 7) is 13.4.